The lowest BCUT2D eigenvalue weighted by Gasteiger charge is -2.25. The maximum absolute atomic E-state index is 12.8. The number of likely N-dealkylation sites (tertiary alicyclic amines) is 1. The van der Waals surface area contributed by atoms with Crippen LogP contribution < -0.4 is 0 Å². The van der Waals surface area contributed by atoms with Gasteiger partial charge >= 0.3 is 0 Å². The van der Waals surface area contributed by atoms with E-state index >= 15 is 0 Å². The van der Waals surface area contributed by atoms with E-state index in [1.54, 1.807) is 17.0 Å². The molecule has 1 heterocycles. The summed E-state index contributed by atoms with van der Waals surface area (Å²) in [5.41, 5.74) is 2.62. The second kappa shape index (κ2) is 8.21. The molecule has 27 heavy (non-hydrogen) atoms. The van der Waals surface area contributed by atoms with E-state index < -0.39 is 17.7 Å². The molecule has 0 radical (unpaired) electrons. The fourth-order valence-electron chi connectivity index (χ4n) is 3.49. The van der Waals surface area contributed by atoms with Crippen molar-refractivity contribution in [1.29, 1.82) is 0 Å². The number of carbonyl (C=O) groups excluding carboxylic acids is 2. The molecule has 0 bridgehead atoms. The molecule has 1 saturated heterocycles. The van der Waals surface area contributed by atoms with Crippen LogP contribution in [0.15, 0.2) is 60.2 Å². The van der Waals surface area contributed by atoms with E-state index in [4.69, 9.17) is 0 Å². The first-order valence-corrected chi connectivity index (χ1v) is 9.45. The molecule has 1 aliphatic heterocycles. The van der Waals surface area contributed by atoms with Crippen LogP contribution in [0.1, 0.15) is 48.9 Å². The third-order valence-electron chi connectivity index (χ3n) is 4.98. The molecule has 1 atom stereocenters. The molecule has 0 saturated carbocycles. The summed E-state index contributed by atoms with van der Waals surface area (Å²) in [6.45, 7) is 4.56. The molecule has 1 aliphatic rings. The Hall–Kier alpha value is -2.88. The maximum Gasteiger partial charge on any atom is 0.295 e. The van der Waals surface area contributed by atoms with Gasteiger partial charge in [0.2, 0.25) is 0 Å². The molecule has 0 aromatic heterocycles. The summed E-state index contributed by atoms with van der Waals surface area (Å²) < 4.78 is 0. The Morgan fingerprint density at radius 1 is 1.00 bits per heavy atom. The Morgan fingerprint density at radius 3 is 2.30 bits per heavy atom. The van der Waals surface area contributed by atoms with E-state index in [1.807, 2.05) is 49.4 Å². The number of hydrogen-bond acceptors (Lipinski definition) is 3. The molecule has 140 valence electrons. The highest BCUT2D eigenvalue weighted by Gasteiger charge is 2.45. The Bertz CT molecular complexity index is 853. The van der Waals surface area contributed by atoms with Crippen molar-refractivity contribution in [2.24, 2.45) is 0 Å². The number of ketones is 1. The average molecular weight is 363 g/mol. The second-order valence-corrected chi connectivity index (χ2v) is 6.98. The number of nitrogens with zero attached hydrogens (tertiary/aromatic N) is 1. The number of aliphatic hydroxyl groups excluding tert-OH is 1. The largest absolute Gasteiger partial charge is 0.507 e. The van der Waals surface area contributed by atoms with Gasteiger partial charge in [0.25, 0.3) is 11.7 Å². The number of unbranched alkanes of at least 4 members (excludes halogenated alkanes) is 2. The molecule has 1 fully saturated rings. The fraction of sp³-hybridized carbons (Fsp3) is 0.304. The van der Waals surface area contributed by atoms with Crippen molar-refractivity contribution < 1.29 is 14.7 Å². The Balaban J connectivity index is 2.09. The summed E-state index contributed by atoms with van der Waals surface area (Å²) in [5.74, 6) is -1.26. The first-order valence-electron chi connectivity index (χ1n) is 9.45. The highest BCUT2D eigenvalue weighted by Crippen LogP contribution is 2.39. The van der Waals surface area contributed by atoms with E-state index in [1.165, 1.54) is 0 Å². The third kappa shape index (κ3) is 3.80. The van der Waals surface area contributed by atoms with E-state index in [0.717, 1.165) is 30.4 Å². The van der Waals surface area contributed by atoms with Gasteiger partial charge in [-0.25, -0.2) is 0 Å². The summed E-state index contributed by atoms with van der Waals surface area (Å²) in [6, 6.07) is 16.2. The van der Waals surface area contributed by atoms with E-state index in [2.05, 4.69) is 6.92 Å². The van der Waals surface area contributed by atoms with E-state index in [0.29, 0.717) is 12.1 Å². The Labute approximate surface area is 160 Å². The number of benzene rings is 2. The first kappa shape index (κ1) is 18.9. The third-order valence-corrected chi connectivity index (χ3v) is 4.98. The highest BCUT2D eigenvalue weighted by atomic mass is 16.3. The number of hydrogen-bond donors (Lipinski definition) is 1. The van der Waals surface area contributed by atoms with Crippen molar-refractivity contribution in [2.75, 3.05) is 6.54 Å². The quantitative estimate of drug-likeness (QED) is 0.353. The smallest absolute Gasteiger partial charge is 0.295 e. The van der Waals surface area contributed by atoms with Crippen LogP contribution in [0.25, 0.3) is 5.76 Å². The number of rotatable bonds is 6. The van der Waals surface area contributed by atoms with Crippen molar-refractivity contribution in [3.63, 3.8) is 0 Å². The van der Waals surface area contributed by atoms with Crippen LogP contribution in [0.5, 0.6) is 0 Å². The SMILES string of the molecule is CCCCCN1C(=O)C(=O)/C(=C(\O)c2ccc(C)cc2)C1c1ccccc1. The molecule has 1 amide bonds. The van der Waals surface area contributed by atoms with Crippen LogP contribution in [0.4, 0.5) is 0 Å². The highest BCUT2D eigenvalue weighted by molar-refractivity contribution is 6.46. The minimum absolute atomic E-state index is 0.111. The maximum atomic E-state index is 12.8. The van der Waals surface area contributed by atoms with Gasteiger partial charge in [0, 0.05) is 12.1 Å². The number of carbonyl (C=O) groups is 2. The van der Waals surface area contributed by atoms with Gasteiger partial charge in [-0.05, 0) is 18.9 Å². The number of aliphatic hydroxyl groups is 1. The zero-order chi connectivity index (χ0) is 19.4. The van der Waals surface area contributed by atoms with Crippen LogP contribution in [-0.2, 0) is 9.59 Å². The Kier molecular flexibility index (Phi) is 5.75. The standard InChI is InChI=1S/C23H25NO3/c1-3-4-8-15-24-20(17-9-6-5-7-10-17)19(22(26)23(24)27)21(25)18-13-11-16(2)12-14-18/h5-7,9-14,20,25H,3-4,8,15H2,1-2H3/b21-19-. The minimum Gasteiger partial charge on any atom is -0.507 e. The zero-order valence-corrected chi connectivity index (χ0v) is 15.8. The van der Waals surface area contributed by atoms with Crippen molar-refractivity contribution >= 4 is 17.4 Å². The minimum atomic E-state index is -0.613. The van der Waals surface area contributed by atoms with E-state index in [9.17, 15) is 14.7 Å². The fourth-order valence-corrected chi connectivity index (χ4v) is 3.49. The van der Waals surface area contributed by atoms with Crippen molar-refractivity contribution in [2.45, 2.75) is 39.2 Å². The lowest BCUT2D eigenvalue weighted by Crippen LogP contribution is -2.30. The summed E-state index contributed by atoms with van der Waals surface area (Å²) in [6.07, 6.45) is 2.85. The number of amides is 1. The summed E-state index contributed by atoms with van der Waals surface area (Å²) in [5, 5.41) is 10.9. The second-order valence-electron chi connectivity index (χ2n) is 6.98. The molecular weight excluding hydrogens is 338 g/mol. The molecular formula is C23H25NO3. The molecule has 3 rings (SSSR count). The van der Waals surface area contributed by atoms with Crippen LogP contribution in [0.3, 0.4) is 0 Å². The predicted octanol–water partition coefficient (Wildman–Crippen LogP) is 4.61. The van der Waals surface area contributed by atoms with Gasteiger partial charge in [-0.3, -0.25) is 9.59 Å². The lowest BCUT2D eigenvalue weighted by atomic mass is 9.95. The number of Topliss-reactive ketones (excluding diaryl/α,β-unsaturated/α-hetero) is 1. The molecule has 1 N–H and O–H groups in total. The normalized spacial score (nSPS) is 18.9. The molecule has 4 heteroatoms. The van der Waals surface area contributed by atoms with Crippen LogP contribution in [0.2, 0.25) is 0 Å². The van der Waals surface area contributed by atoms with Gasteiger partial charge in [-0.2, -0.15) is 0 Å². The topological polar surface area (TPSA) is 57.6 Å². The lowest BCUT2D eigenvalue weighted by molar-refractivity contribution is -0.139. The van der Waals surface area contributed by atoms with Gasteiger partial charge < -0.3 is 10.0 Å². The molecule has 0 spiro atoms. The van der Waals surface area contributed by atoms with Crippen LogP contribution in [-0.4, -0.2) is 28.2 Å². The Morgan fingerprint density at radius 2 is 1.67 bits per heavy atom. The molecule has 0 aliphatic carbocycles. The molecule has 2 aromatic carbocycles. The van der Waals surface area contributed by atoms with Crippen LogP contribution in [0, 0.1) is 6.92 Å². The molecule has 1 unspecified atom stereocenters. The monoisotopic (exact) mass is 363 g/mol. The first-order chi connectivity index (χ1) is 13.0. The van der Waals surface area contributed by atoms with Crippen LogP contribution >= 0.6 is 0 Å². The summed E-state index contributed by atoms with van der Waals surface area (Å²) in [4.78, 5) is 27.1. The molecule has 4 nitrogen and oxygen atoms in total. The predicted molar refractivity (Wildman–Crippen MR) is 106 cm³/mol. The van der Waals surface area contributed by atoms with Crippen molar-refractivity contribution in [1.82, 2.24) is 4.90 Å². The zero-order valence-electron chi connectivity index (χ0n) is 15.8. The van der Waals surface area contributed by atoms with Gasteiger partial charge in [-0.1, -0.05) is 79.9 Å². The van der Waals surface area contributed by atoms with Crippen molar-refractivity contribution in [3.05, 3.63) is 76.9 Å². The van der Waals surface area contributed by atoms with E-state index in [-0.39, 0.29) is 11.3 Å². The van der Waals surface area contributed by atoms with Gasteiger partial charge in [-0.15, -0.1) is 0 Å². The van der Waals surface area contributed by atoms with Gasteiger partial charge in [0.15, 0.2) is 0 Å². The van der Waals surface area contributed by atoms with Gasteiger partial charge in [0.05, 0.1) is 11.6 Å². The van der Waals surface area contributed by atoms with Gasteiger partial charge in [0.1, 0.15) is 5.76 Å². The summed E-state index contributed by atoms with van der Waals surface area (Å²) in [7, 11) is 0. The summed E-state index contributed by atoms with van der Waals surface area (Å²) >= 11 is 0. The number of aryl methyl sites for hydroxylation is 1. The average Bonchev–Trinajstić information content (AvgIpc) is 2.94. The van der Waals surface area contributed by atoms with Crippen molar-refractivity contribution in [3.8, 4) is 0 Å². The molecule has 2 aromatic rings.